The minimum absolute atomic E-state index is 0.0300. The molecule has 0 radical (unpaired) electrons. The van der Waals surface area contributed by atoms with Crippen molar-refractivity contribution in [3.8, 4) is 0 Å². The predicted molar refractivity (Wildman–Crippen MR) is 100 cm³/mol. The molecule has 1 saturated heterocycles. The molecule has 0 amide bonds. The van der Waals surface area contributed by atoms with Crippen LogP contribution in [0.25, 0.3) is 11.0 Å². The second-order valence-corrected chi connectivity index (χ2v) is 7.55. The van der Waals surface area contributed by atoms with Crippen LogP contribution in [-0.2, 0) is 0 Å². The van der Waals surface area contributed by atoms with Gasteiger partial charge in [0.2, 0.25) is 5.43 Å². The fraction of sp³-hybridized carbons (Fsp3) is 0.526. The average Bonchev–Trinajstić information content (AvgIpc) is 3.37. The molecule has 2 fully saturated rings. The summed E-state index contributed by atoms with van der Waals surface area (Å²) in [6.45, 7) is 3.50. The number of aromatic nitrogens is 2. The van der Waals surface area contributed by atoms with Crippen LogP contribution < -0.4 is 15.6 Å². The first kappa shape index (κ1) is 17.9. The molecule has 2 aromatic heterocycles. The molecule has 7 nitrogen and oxygen atoms in total. The van der Waals surface area contributed by atoms with Crippen LogP contribution in [0.2, 0.25) is 0 Å². The molecule has 2 aromatic rings. The number of aromatic carboxylic acids is 1. The first-order valence-corrected chi connectivity index (χ1v) is 9.31. The van der Waals surface area contributed by atoms with Gasteiger partial charge in [-0.25, -0.2) is 14.2 Å². The summed E-state index contributed by atoms with van der Waals surface area (Å²) in [4.78, 5) is 30.3. The van der Waals surface area contributed by atoms with Gasteiger partial charge in [-0.2, -0.15) is 0 Å². The van der Waals surface area contributed by atoms with E-state index in [2.05, 4.69) is 17.2 Å². The molecule has 2 aliphatic rings. The van der Waals surface area contributed by atoms with E-state index in [4.69, 9.17) is 0 Å². The van der Waals surface area contributed by atoms with Crippen LogP contribution in [0.4, 0.5) is 10.2 Å². The summed E-state index contributed by atoms with van der Waals surface area (Å²) in [5, 5.41) is 12.6. The Labute approximate surface area is 155 Å². The molecular formula is C19H23FN4O3. The van der Waals surface area contributed by atoms with Crippen LogP contribution in [0, 0.1) is 11.7 Å². The van der Waals surface area contributed by atoms with Crippen LogP contribution in [0.1, 0.15) is 42.6 Å². The fourth-order valence-electron chi connectivity index (χ4n) is 3.87. The molecule has 1 aliphatic carbocycles. The third-order valence-electron chi connectivity index (χ3n) is 5.80. The molecule has 3 heterocycles. The lowest BCUT2D eigenvalue weighted by molar-refractivity contribution is 0.0695. The number of carboxylic acid groups (broad SMARTS) is 1. The van der Waals surface area contributed by atoms with Crippen LogP contribution in [0.15, 0.2) is 17.1 Å². The molecule has 0 bridgehead atoms. The van der Waals surface area contributed by atoms with Crippen molar-refractivity contribution in [2.45, 2.75) is 38.3 Å². The Morgan fingerprint density at radius 1 is 1.41 bits per heavy atom. The zero-order valence-corrected chi connectivity index (χ0v) is 15.4. The number of fused-ring (bicyclic) bond motifs is 1. The molecule has 144 valence electrons. The molecule has 27 heavy (non-hydrogen) atoms. The Morgan fingerprint density at radius 3 is 2.78 bits per heavy atom. The van der Waals surface area contributed by atoms with E-state index in [1.54, 1.807) is 4.57 Å². The Kier molecular flexibility index (Phi) is 4.38. The molecule has 0 aromatic carbocycles. The van der Waals surface area contributed by atoms with E-state index >= 15 is 0 Å². The number of nitrogens with zero attached hydrogens (tertiary/aromatic N) is 3. The topological polar surface area (TPSA) is 87.5 Å². The monoisotopic (exact) mass is 374 g/mol. The van der Waals surface area contributed by atoms with E-state index in [1.807, 2.05) is 11.9 Å². The summed E-state index contributed by atoms with van der Waals surface area (Å²) in [7, 11) is 1.91. The highest BCUT2D eigenvalue weighted by atomic mass is 19.1. The third-order valence-corrected chi connectivity index (χ3v) is 5.80. The first-order valence-electron chi connectivity index (χ1n) is 9.31. The van der Waals surface area contributed by atoms with Crippen molar-refractivity contribution in [1.82, 2.24) is 14.9 Å². The van der Waals surface area contributed by atoms with Crippen molar-refractivity contribution in [3.63, 3.8) is 0 Å². The van der Waals surface area contributed by atoms with Gasteiger partial charge in [0.1, 0.15) is 11.2 Å². The first-order chi connectivity index (χ1) is 12.9. The zero-order chi connectivity index (χ0) is 19.3. The van der Waals surface area contributed by atoms with Crippen LogP contribution in [0.3, 0.4) is 0 Å². The Bertz CT molecular complexity index is 970. The highest BCUT2D eigenvalue weighted by molar-refractivity contribution is 5.92. The quantitative estimate of drug-likeness (QED) is 0.832. The maximum atomic E-state index is 14.8. The SMILES string of the molecule is CN[C@@H](C)[C@H]1CCN(c2nc3c(cc2F)c(=O)c(C(=O)O)cn3C2CC2)C1. The lowest BCUT2D eigenvalue weighted by Gasteiger charge is -2.22. The van der Waals surface area contributed by atoms with Crippen molar-refractivity contribution in [3.05, 3.63) is 33.9 Å². The van der Waals surface area contributed by atoms with E-state index < -0.39 is 17.2 Å². The summed E-state index contributed by atoms with van der Waals surface area (Å²) >= 11 is 0. The lowest BCUT2D eigenvalue weighted by atomic mass is 10.0. The van der Waals surface area contributed by atoms with Gasteiger partial charge >= 0.3 is 5.97 Å². The summed E-state index contributed by atoms with van der Waals surface area (Å²) in [5.74, 6) is -1.25. The van der Waals surface area contributed by atoms with E-state index in [9.17, 15) is 19.1 Å². The smallest absolute Gasteiger partial charge is 0.341 e. The number of carbonyl (C=O) groups is 1. The summed E-state index contributed by atoms with van der Waals surface area (Å²) in [6, 6.07) is 1.59. The van der Waals surface area contributed by atoms with Crippen molar-refractivity contribution >= 4 is 22.8 Å². The fourth-order valence-corrected chi connectivity index (χ4v) is 3.87. The largest absolute Gasteiger partial charge is 0.477 e. The Hall–Kier alpha value is -2.48. The van der Waals surface area contributed by atoms with Gasteiger partial charge in [-0.1, -0.05) is 0 Å². The van der Waals surface area contributed by atoms with Gasteiger partial charge in [0.15, 0.2) is 11.6 Å². The van der Waals surface area contributed by atoms with Crippen LogP contribution >= 0.6 is 0 Å². The maximum absolute atomic E-state index is 14.8. The summed E-state index contributed by atoms with van der Waals surface area (Å²) in [5.41, 5.74) is -0.656. The minimum atomic E-state index is -1.30. The molecule has 0 unspecified atom stereocenters. The molecular weight excluding hydrogens is 351 g/mol. The van der Waals surface area contributed by atoms with Gasteiger partial charge in [-0.3, -0.25) is 4.79 Å². The number of halogens is 1. The molecule has 2 atom stereocenters. The van der Waals surface area contributed by atoms with Crippen molar-refractivity contribution in [2.75, 3.05) is 25.0 Å². The third kappa shape index (κ3) is 3.07. The highest BCUT2D eigenvalue weighted by Crippen LogP contribution is 2.37. The van der Waals surface area contributed by atoms with Gasteiger partial charge in [-0.15, -0.1) is 0 Å². The zero-order valence-electron chi connectivity index (χ0n) is 15.4. The molecule has 2 N–H and O–H groups in total. The van der Waals surface area contributed by atoms with E-state index in [-0.39, 0.29) is 22.8 Å². The number of hydrogen-bond acceptors (Lipinski definition) is 5. The van der Waals surface area contributed by atoms with Crippen molar-refractivity contribution in [1.29, 1.82) is 0 Å². The normalized spacial score (nSPS) is 21.0. The van der Waals surface area contributed by atoms with Gasteiger partial charge in [-0.05, 0) is 45.2 Å². The van der Waals surface area contributed by atoms with Crippen molar-refractivity contribution in [2.24, 2.45) is 5.92 Å². The number of carboxylic acids is 1. The van der Waals surface area contributed by atoms with E-state index in [1.165, 1.54) is 6.20 Å². The lowest BCUT2D eigenvalue weighted by Crippen LogP contribution is -2.33. The summed E-state index contributed by atoms with van der Waals surface area (Å²) in [6.07, 6.45) is 4.09. The molecule has 1 saturated carbocycles. The predicted octanol–water partition coefficient (Wildman–Crippen LogP) is 2.00. The number of hydrogen-bond donors (Lipinski definition) is 2. The average molecular weight is 374 g/mol. The molecule has 8 heteroatoms. The van der Waals surface area contributed by atoms with E-state index in [0.29, 0.717) is 30.7 Å². The molecule has 1 aliphatic heterocycles. The number of rotatable bonds is 5. The van der Waals surface area contributed by atoms with Crippen LogP contribution in [0.5, 0.6) is 0 Å². The number of anilines is 1. The highest BCUT2D eigenvalue weighted by Gasteiger charge is 2.31. The van der Waals surface area contributed by atoms with Gasteiger partial charge in [0.05, 0.1) is 5.39 Å². The number of nitrogens with one attached hydrogen (secondary N) is 1. The van der Waals surface area contributed by atoms with Gasteiger partial charge < -0.3 is 19.9 Å². The standard InChI is InChI=1S/C19H23FN4O3/c1-10(21-2)11-5-6-23(8-11)18-15(20)7-13-16(25)14(19(26)27)9-24(12-3-4-12)17(13)22-18/h7,9-12,21H,3-6,8H2,1-2H3,(H,26,27)/t10-,11-/m0/s1. The molecule has 0 spiro atoms. The van der Waals surface area contributed by atoms with Crippen molar-refractivity contribution < 1.29 is 14.3 Å². The second kappa shape index (κ2) is 6.60. The van der Waals surface area contributed by atoms with Gasteiger partial charge in [0.25, 0.3) is 0 Å². The number of pyridine rings is 2. The maximum Gasteiger partial charge on any atom is 0.341 e. The van der Waals surface area contributed by atoms with E-state index in [0.717, 1.165) is 25.3 Å². The Balaban J connectivity index is 1.82. The second-order valence-electron chi connectivity index (χ2n) is 7.55. The minimum Gasteiger partial charge on any atom is -0.477 e. The van der Waals surface area contributed by atoms with Gasteiger partial charge in [0, 0.05) is 31.4 Å². The van der Waals surface area contributed by atoms with Crippen LogP contribution in [-0.4, -0.2) is 46.8 Å². The molecule has 4 rings (SSSR count). The Morgan fingerprint density at radius 2 is 2.15 bits per heavy atom. The summed E-state index contributed by atoms with van der Waals surface area (Å²) < 4.78 is 16.6.